The van der Waals surface area contributed by atoms with Crippen LogP contribution in [0.2, 0.25) is 0 Å². The number of rotatable bonds is 6. The molecule has 2 aliphatic rings. The van der Waals surface area contributed by atoms with Crippen LogP contribution < -0.4 is 5.32 Å². The van der Waals surface area contributed by atoms with Crippen molar-refractivity contribution in [3.05, 3.63) is 71.8 Å². The summed E-state index contributed by atoms with van der Waals surface area (Å²) in [5.74, 6) is -1.04. The van der Waals surface area contributed by atoms with Gasteiger partial charge in [0.1, 0.15) is 6.54 Å². The summed E-state index contributed by atoms with van der Waals surface area (Å²) in [6.07, 6.45) is 0.594. The van der Waals surface area contributed by atoms with Gasteiger partial charge in [-0.05, 0) is 17.5 Å². The number of amides is 4. The monoisotopic (exact) mass is 455 g/mol. The Kier molecular flexibility index (Phi) is 5.77. The van der Waals surface area contributed by atoms with Crippen LogP contribution in [0.15, 0.2) is 60.7 Å². The van der Waals surface area contributed by atoms with Gasteiger partial charge >= 0.3 is 6.03 Å². The zero-order valence-electron chi connectivity index (χ0n) is 17.7. The molecule has 2 aromatic carbocycles. The van der Waals surface area contributed by atoms with E-state index < -0.39 is 45.8 Å². The predicted octanol–water partition coefficient (Wildman–Crippen LogP) is 1.32. The zero-order chi connectivity index (χ0) is 22.9. The zero-order valence-corrected chi connectivity index (χ0v) is 18.5. The third-order valence-electron chi connectivity index (χ3n) is 6.20. The molecular weight excluding hydrogens is 430 g/mol. The molecule has 0 aliphatic carbocycles. The highest BCUT2D eigenvalue weighted by Crippen LogP contribution is 2.33. The first-order valence-corrected chi connectivity index (χ1v) is 12.2. The van der Waals surface area contributed by atoms with E-state index in [2.05, 4.69) is 5.32 Å². The first-order valence-electron chi connectivity index (χ1n) is 10.4. The second-order valence-electron chi connectivity index (χ2n) is 8.32. The van der Waals surface area contributed by atoms with Crippen LogP contribution in [0, 0.1) is 0 Å². The largest absolute Gasteiger partial charge is 0.340 e. The van der Waals surface area contributed by atoms with Gasteiger partial charge in [0.25, 0.3) is 5.91 Å². The predicted molar refractivity (Wildman–Crippen MR) is 118 cm³/mol. The summed E-state index contributed by atoms with van der Waals surface area (Å²) < 4.78 is 23.5. The molecule has 2 saturated heterocycles. The first kappa shape index (κ1) is 22.0. The number of nitrogens with zero attached hydrogens (tertiary/aromatic N) is 2. The molecule has 8 nitrogen and oxygen atoms in total. The van der Waals surface area contributed by atoms with Crippen molar-refractivity contribution in [3.8, 4) is 0 Å². The SMILES string of the molecule is CN(C(=O)CN1C(=O)N[C@](Cc2ccccc2)(c2ccccc2)C1=O)[C@H]1CCS(=O)(=O)C1. The van der Waals surface area contributed by atoms with Gasteiger partial charge in [-0.15, -0.1) is 0 Å². The number of carbonyl (C=O) groups is 3. The van der Waals surface area contributed by atoms with E-state index in [0.717, 1.165) is 10.5 Å². The average Bonchev–Trinajstić information content (AvgIpc) is 3.26. The number of hydrogen-bond donors (Lipinski definition) is 1. The lowest BCUT2D eigenvalue weighted by Crippen LogP contribution is -2.48. The number of urea groups is 1. The highest BCUT2D eigenvalue weighted by Gasteiger charge is 2.53. The second kappa shape index (κ2) is 8.38. The van der Waals surface area contributed by atoms with Crippen LogP contribution in [0.4, 0.5) is 4.79 Å². The number of nitrogens with one attached hydrogen (secondary N) is 1. The van der Waals surface area contributed by atoms with Gasteiger partial charge in [0.05, 0.1) is 11.5 Å². The van der Waals surface area contributed by atoms with Crippen molar-refractivity contribution in [2.75, 3.05) is 25.1 Å². The highest BCUT2D eigenvalue weighted by molar-refractivity contribution is 7.91. The quantitative estimate of drug-likeness (QED) is 0.662. The third kappa shape index (κ3) is 4.12. The molecule has 0 bridgehead atoms. The van der Waals surface area contributed by atoms with E-state index in [9.17, 15) is 22.8 Å². The van der Waals surface area contributed by atoms with E-state index in [1.165, 1.54) is 11.9 Å². The summed E-state index contributed by atoms with van der Waals surface area (Å²) in [5.41, 5.74) is 0.175. The van der Waals surface area contributed by atoms with Crippen LogP contribution >= 0.6 is 0 Å². The van der Waals surface area contributed by atoms with Crippen molar-refractivity contribution in [2.45, 2.75) is 24.4 Å². The number of likely N-dealkylation sites (N-methyl/N-ethyl adjacent to an activating group) is 1. The average molecular weight is 456 g/mol. The van der Waals surface area contributed by atoms with Gasteiger partial charge < -0.3 is 10.2 Å². The molecule has 32 heavy (non-hydrogen) atoms. The molecule has 0 spiro atoms. The molecule has 2 heterocycles. The molecular formula is C23H25N3O5S. The maximum atomic E-state index is 13.6. The molecule has 168 valence electrons. The van der Waals surface area contributed by atoms with Crippen molar-refractivity contribution < 1.29 is 22.8 Å². The molecule has 0 unspecified atom stereocenters. The van der Waals surface area contributed by atoms with Gasteiger partial charge in [0, 0.05) is 19.5 Å². The minimum Gasteiger partial charge on any atom is -0.340 e. The summed E-state index contributed by atoms with van der Waals surface area (Å²) in [6.45, 7) is -0.443. The second-order valence-corrected chi connectivity index (χ2v) is 10.5. The van der Waals surface area contributed by atoms with Crippen LogP contribution in [0.3, 0.4) is 0 Å². The van der Waals surface area contributed by atoms with E-state index in [1.807, 2.05) is 36.4 Å². The van der Waals surface area contributed by atoms with Crippen LogP contribution in [-0.2, 0) is 31.4 Å². The molecule has 1 N–H and O–H groups in total. The van der Waals surface area contributed by atoms with Crippen molar-refractivity contribution >= 4 is 27.7 Å². The molecule has 4 amide bonds. The van der Waals surface area contributed by atoms with Gasteiger partial charge in [0.2, 0.25) is 5.91 Å². The summed E-state index contributed by atoms with van der Waals surface area (Å²) in [5, 5.41) is 2.83. The molecule has 0 aromatic heterocycles. The van der Waals surface area contributed by atoms with Crippen LogP contribution in [0.1, 0.15) is 17.5 Å². The number of imide groups is 1. The Bertz CT molecular complexity index is 1140. The smallest absolute Gasteiger partial charge is 0.325 e. The Balaban J connectivity index is 1.59. The van der Waals surface area contributed by atoms with Gasteiger partial charge in [-0.3, -0.25) is 14.5 Å². The van der Waals surface area contributed by atoms with E-state index in [-0.39, 0.29) is 17.9 Å². The van der Waals surface area contributed by atoms with Gasteiger partial charge in [-0.1, -0.05) is 60.7 Å². The number of benzene rings is 2. The van der Waals surface area contributed by atoms with Crippen molar-refractivity contribution in [3.63, 3.8) is 0 Å². The molecule has 2 fully saturated rings. The lowest BCUT2D eigenvalue weighted by atomic mass is 9.83. The van der Waals surface area contributed by atoms with E-state index >= 15 is 0 Å². The molecule has 2 aromatic rings. The number of hydrogen-bond acceptors (Lipinski definition) is 5. The maximum absolute atomic E-state index is 13.6. The van der Waals surface area contributed by atoms with E-state index in [1.54, 1.807) is 24.3 Å². The standard InChI is InChI=1S/C23H25N3O5S/c1-25(19-12-13-32(30,31)16-19)20(27)15-26-21(28)23(24-22(26)29,18-10-6-3-7-11-18)14-17-8-4-2-5-9-17/h2-11,19H,12-16H2,1H3,(H,24,29)/t19-,23+/m0/s1. The fourth-order valence-corrected chi connectivity index (χ4v) is 6.12. The molecule has 2 atom stereocenters. The van der Waals surface area contributed by atoms with E-state index in [4.69, 9.17) is 0 Å². The first-order chi connectivity index (χ1) is 15.2. The molecule has 0 radical (unpaired) electrons. The van der Waals surface area contributed by atoms with Gasteiger partial charge in [-0.2, -0.15) is 0 Å². The van der Waals surface area contributed by atoms with Crippen LogP contribution in [0.25, 0.3) is 0 Å². The van der Waals surface area contributed by atoms with Crippen molar-refractivity contribution in [2.24, 2.45) is 0 Å². The van der Waals surface area contributed by atoms with Gasteiger partial charge in [-0.25, -0.2) is 13.2 Å². The summed E-state index contributed by atoms with van der Waals surface area (Å²) in [7, 11) is -1.65. The molecule has 9 heteroatoms. The highest BCUT2D eigenvalue weighted by atomic mass is 32.2. The Labute approximate surface area is 187 Å². The molecule has 0 saturated carbocycles. The van der Waals surface area contributed by atoms with Crippen LogP contribution in [-0.4, -0.2) is 67.2 Å². The Morgan fingerprint density at radius 1 is 1.09 bits per heavy atom. The molecule has 4 rings (SSSR count). The van der Waals surface area contributed by atoms with Crippen molar-refractivity contribution in [1.29, 1.82) is 0 Å². The fraction of sp³-hybridized carbons (Fsp3) is 0.348. The fourth-order valence-electron chi connectivity index (χ4n) is 4.34. The summed E-state index contributed by atoms with van der Waals surface area (Å²) in [4.78, 5) is 41.6. The van der Waals surface area contributed by atoms with E-state index in [0.29, 0.717) is 12.0 Å². The number of sulfone groups is 1. The Morgan fingerprint density at radius 2 is 1.72 bits per heavy atom. The Morgan fingerprint density at radius 3 is 2.31 bits per heavy atom. The minimum atomic E-state index is -3.17. The van der Waals surface area contributed by atoms with Crippen molar-refractivity contribution in [1.82, 2.24) is 15.1 Å². The normalized spacial score (nSPS) is 24.4. The summed E-state index contributed by atoms with van der Waals surface area (Å²) in [6, 6.07) is 17.2. The van der Waals surface area contributed by atoms with Crippen LogP contribution in [0.5, 0.6) is 0 Å². The number of carbonyl (C=O) groups excluding carboxylic acids is 3. The lowest BCUT2D eigenvalue weighted by Gasteiger charge is -2.28. The Hall–Kier alpha value is -3.20. The molecule has 2 aliphatic heterocycles. The third-order valence-corrected chi connectivity index (χ3v) is 7.95. The minimum absolute atomic E-state index is 0.0343. The summed E-state index contributed by atoms with van der Waals surface area (Å²) >= 11 is 0. The lowest BCUT2D eigenvalue weighted by molar-refractivity contribution is -0.139. The maximum Gasteiger partial charge on any atom is 0.325 e. The topological polar surface area (TPSA) is 104 Å². The van der Waals surface area contributed by atoms with Gasteiger partial charge in [0.15, 0.2) is 15.4 Å².